The van der Waals surface area contributed by atoms with Gasteiger partial charge in [0.2, 0.25) is 5.82 Å². The smallest absolute Gasteiger partial charge is 0.430 e. The highest BCUT2D eigenvalue weighted by atomic mass is 32.2. The van der Waals surface area contributed by atoms with E-state index in [9.17, 15) is 23.1 Å². The number of carboxylic acid groups (broad SMARTS) is 1. The van der Waals surface area contributed by atoms with Crippen molar-refractivity contribution < 1.29 is 32.6 Å². The number of aromatic nitrogens is 3. The van der Waals surface area contributed by atoms with Gasteiger partial charge in [0.15, 0.2) is 0 Å². The standard InChI is InChI=1S/C26H30N4O7S/c1-16(2)15-37-26(33)30(23-24(36-5)29-18(4)14-28-23)38(34,35)21-7-6-12-27-22(21)20-10-8-19(9-11-20)13-17(3)25(31)32/h6-12,14,16-17H,13,15H2,1-5H3,(H,31,32). The highest BCUT2D eigenvalue weighted by Gasteiger charge is 2.38. The first kappa shape index (κ1) is 28.5. The van der Waals surface area contributed by atoms with Crippen LogP contribution in [0.4, 0.5) is 10.6 Å². The molecular weight excluding hydrogens is 512 g/mol. The molecule has 0 saturated carbocycles. The predicted molar refractivity (Wildman–Crippen MR) is 139 cm³/mol. The average Bonchev–Trinajstić information content (AvgIpc) is 2.88. The summed E-state index contributed by atoms with van der Waals surface area (Å²) in [6.45, 7) is 6.86. The number of nitrogens with zero attached hydrogens (tertiary/aromatic N) is 4. The van der Waals surface area contributed by atoms with Gasteiger partial charge in [0, 0.05) is 11.8 Å². The van der Waals surface area contributed by atoms with Crippen LogP contribution in [0.1, 0.15) is 32.0 Å². The summed E-state index contributed by atoms with van der Waals surface area (Å²) in [6.07, 6.45) is 1.90. The number of ether oxygens (including phenoxy) is 2. The van der Waals surface area contributed by atoms with Gasteiger partial charge in [-0.05, 0) is 37.0 Å². The number of rotatable bonds is 10. The Morgan fingerprint density at radius 3 is 2.37 bits per heavy atom. The molecule has 2 heterocycles. The number of hydrogen-bond acceptors (Lipinski definition) is 9. The maximum atomic E-state index is 14.1. The van der Waals surface area contributed by atoms with Crippen molar-refractivity contribution in [3.05, 3.63) is 60.0 Å². The number of anilines is 1. The van der Waals surface area contributed by atoms with E-state index in [1.54, 1.807) is 38.1 Å². The van der Waals surface area contributed by atoms with Crippen LogP contribution in [-0.2, 0) is 26.0 Å². The maximum absolute atomic E-state index is 14.1. The normalized spacial score (nSPS) is 12.2. The lowest BCUT2D eigenvalue weighted by Crippen LogP contribution is -2.39. The van der Waals surface area contributed by atoms with Crippen LogP contribution < -0.4 is 9.04 Å². The summed E-state index contributed by atoms with van der Waals surface area (Å²) in [5.41, 5.74) is 1.76. The van der Waals surface area contributed by atoms with Gasteiger partial charge in [-0.2, -0.15) is 0 Å². The van der Waals surface area contributed by atoms with E-state index in [0.717, 1.165) is 5.56 Å². The van der Waals surface area contributed by atoms with Gasteiger partial charge >= 0.3 is 12.1 Å². The van der Waals surface area contributed by atoms with Crippen LogP contribution in [-0.4, -0.2) is 54.3 Å². The van der Waals surface area contributed by atoms with E-state index in [2.05, 4.69) is 15.0 Å². The Bertz CT molecular complexity index is 1410. The van der Waals surface area contributed by atoms with Gasteiger partial charge in [0.25, 0.3) is 15.9 Å². The predicted octanol–water partition coefficient (Wildman–Crippen LogP) is 4.11. The van der Waals surface area contributed by atoms with Crippen LogP contribution in [0.5, 0.6) is 5.88 Å². The van der Waals surface area contributed by atoms with E-state index in [1.807, 2.05) is 13.8 Å². The van der Waals surface area contributed by atoms with Gasteiger partial charge in [0.05, 0.1) is 37.2 Å². The molecule has 0 aliphatic rings. The molecule has 0 aliphatic carbocycles. The second kappa shape index (κ2) is 12.0. The summed E-state index contributed by atoms with van der Waals surface area (Å²) in [7, 11) is -3.34. The van der Waals surface area contributed by atoms with Crippen molar-refractivity contribution >= 4 is 27.9 Å². The zero-order valence-electron chi connectivity index (χ0n) is 21.8. The third-order valence-corrected chi connectivity index (χ3v) is 7.10. The van der Waals surface area contributed by atoms with Crippen LogP contribution in [0, 0.1) is 18.8 Å². The molecule has 0 aliphatic heterocycles. The first-order chi connectivity index (χ1) is 17.9. The highest BCUT2D eigenvalue weighted by Crippen LogP contribution is 2.34. The monoisotopic (exact) mass is 542 g/mol. The summed E-state index contributed by atoms with van der Waals surface area (Å²) in [4.78, 5) is 36.7. The van der Waals surface area contributed by atoms with Gasteiger partial charge in [-0.3, -0.25) is 9.78 Å². The van der Waals surface area contributed by atoms with Crippen LogP contribution >= 0.6 is 0 Å². The molecule has 1 aromatic carbocycles. The molecule has 0 spiro atoms. The number of carbonyl (C=O) groups is 2. The van der Waals surface area contributed by atoms with Gasteiger partial charge < -0.3 is 14.6 Å². The van der Waals surface area contributed by atoms with Crippen molar-refractivity contribution in [3.8, 4) is 17.1 Å². The minimum Gasteiger partial charge on any atom is -0.481 e. The van der Waals surface area contributed by atoms with Crippen molar-refractivity contribution in [3.63, 3.8) is 0 Å². The van der Waals surface area contributed by atoms with E-state index < -0.39 is 28.0 Å². The highest BCUT2D eigenvalue weighted by molar-refractivity contribution is 7.93. The molecule has 0 saturated heterocycles. The van der Waals surface area contributed by atoms with Crippen LogP contribution in [0.25, 0.3) is 11.3 Å². The summed E-state index contributed by atoms with van der Waals surface area (Å²) in [5, 5.41) is 9.18. The molecule has 12 heteroatoms. The van der Waals surface area contributed by atoms with Gasteiger partial charge in [-0.25, -0.2) is 23.2 Å². The Morgan fingerprint density at radius 1 is 1.08 bits per heavy atom. The molecule has 3 aromatic rings. The molecule has 1 amide bonds. The number of carbonyl (C=O) groups excluding carboxylic acids is 1. The van der Waals surface area contributed by atoms with Crippen LogP contribution in [0.2, 0.25) is 0 Å². The summed E-state index contributed by atoms with van der Waals surface area (Å²) < 4.78 is 39.1. The fraction of sp³-hybridized carbons (Fsp3) is 0.346. The fourth-order valence-corrected chi connectivity index (χ4v) is 4.94. The SMILES string of the molecule is COc1nc(C)cnc1N(C(=O)OCC(C)C)S(=O)(=O)c1cccnc1-c1ccc(CC(C)C(=O)O)cc1. The molecule has 1 N–H and O–H groups in total. The number of pyridine rings is 1. The number of carboxylic acids is 1. The number of sulfonamides is 1. The molecule has 3 rings (SSSR count). The lowest BCUT2D eigenvalue weighted by Gasteiger charge is -2.23. The van der Waals surface area contributed by atoms with E-state index in [4.69, 9.17) is 9.47 Å². The molecule has 11 nitrogen and oxygen atoms in total. The zero-order valence-corrected chi connectivity index (χ0v) is 22.6. The Kier molecular flexibility index (Phi) is 9.00. The zero-order chi connectivity index (χ0) is 28.0. The summed E-state index contributed by atoms with van der Waals surface area (Å²) in [5.74, 6) is -2.06. The minimum absolute atomic E-state index is 0.0252. The first-order valence-corrected chi connectivity index (χ1v) is 13.3. The minimum atomic E-state index is -4.63. The molecule has 0 radical (unpaired) electrons. The van der Waals surface area contributed by atoms with Crippen LogP contribution in [0.15, 0.2) is 53.7 Å². The summed E-state index contributed by atoms with van der Waals surface area (Å²) in [6, 6.07) is 9.49. The van der Waals surface area contributed by atoms with E-state index in [-0.39, 0.29) is 34.8 Å². The van der Waals surface area contributed by atoms with Crippen molar-refractivity contribution in [2.75, 3.05) is 18.0 Å². The number of methoxy groups -OCH3 is 1. The third-order valence-electron chi connectivity index (χ3n) is 5.41. The average molecular weight is 543 g/mol. The van der Waals surface area contributed by atoms with Crippen molar-refractivity contribution in [1.29, 1.82) is 0 Å². The quantitative estimate of drug-likeness (QED) is 0.397. The fourth-order valence-electron chi connectivity index (χ4n) is 3.47. The Balaban J connectivity index is 2.11. The second-order valence-corrected chi connectivity index (χ2v) is 10.8. The molecule has 38 heavy (non-hydrogen) atoms. The van der Waals surface area contributed by atoms with Crippen molar-refractivity contribution in [1.82, 2.24) is 15.0 Å². The largest absolute Gasteiger partial charge is 0.481 e. The molecule has 1 atom stereocenters. The summed E-state index contributed by atoms with van der Waals surface area (Å²) >= 11 is 0. The molecule has 202 valence electrons. The van der Waals surface area contributed by atoms with Crippen LogP contribution in [0.3, 0.4) is 0 Å². The Morgan fingerprint density at radius 2 is 1.76 bits per heavy atom. The van der Waals surface area contributed by atoms with E-state index in [0.29, 0.717) is 22.0 Å². The van der Waals surface area contributed by atoms with E-state index in [1.165, 1.54) is 31.6 Å². The molecule has 0 fully saturated rings. The number of amides is 1. The lowest BCUT2D eigenvalue weighted by molar-refractivity contribution is -0.141. The van der Waals surface area contributed by atoms with E-state index >= 15 is 0 Å². The number of aryl methyl sites for hydroxylation is 1. The van der Waals surface area contributed by atoms with Crippen molar-refractivity contribution in [2.45, 2.75) is 39.0 Å². The third kappa shape index (κ3) is 6.43. The number of hydrogen-bond donors (Lipinski definition) is 1. The Labute approximate surface area is 221 Å². The number of aliphatic carboxylic acids is 1. The van der Waals surface area contributed by atoms with Gasteiger partial charge in [-0.15, -0.1) is 4.31 Å². The Hall–Kier alpha value is -4.06. The van der Waals surface area contributed by atoms with Gasteiger partial charge in [0.1, 0.15) is 4.90 Å². The maximum Gasteiger partial charge on any atom is 0.430 e. The van der Waals surface area contributed by atoms with Crippen molar-refractivity contribution in [2.24, 2.45) is 11.8 Å². The van der Waals surface area contributed by atoms with Gasteiger partial charge in [-0.1, -0.05) is 45.0 Å². The molecule has 0 bridgehead atoms. The molecule has 2 aromatic heterocycles. The lowest BCUT2D eigenvalue weighted by atomic mass is 9.99. The topological polar surface area (TPSA) is 149 Å². The molecular formula is C26H30N4O7S. The molecule has 1 unspecified atom stereocenters. The second-order valence-electron chi connectivity index (χ2n) is 9.07. The number of benzene rings is 1. The first-order valence-electron chi connectivity index (χ1n) is 11.8.